The highest BCUT2D eigenvalue weighted by Gasteiger charge is 2.47. The molecule has 1 aliphatic heterocycles. The third-order valence-corrected chi connectivity index (χ3v) is 3.14. The lowest BCUT2D eigenvalue weighted by atomic mass is 9.86. The van der Waals surface area contributed by atoms with E-state index in [0.29, 0.717) is 0 Å². The van der Waals surface area contributed by atoms with Gasteiger partial charge in [-0.15, -0.1) is 0 Å². The molecule has 1 aliphatic rings. The van der Waals surface area contributed by atoms with Crippen LogP contribution in [0.15, 0.2) is 0 Å². The second kappa shape index (κ2) is 4.81. The molecule has 0 spiro atoms. The second-order valence-electron chi connectivity index (χ2n) is 4.55. The minimum Gasteiger partial charge on any atom is -0.368 e. The number of halogens is 3. The molecule has 0 aromatic rings. The minimum atomic E-state index is -4.88. The molecule has 4 nitrogen and oxygen atoms in total. The predicted octanol–water partition coefficient (Wildman–Crippen LogP) is 0.875. The Morgan fingerprint density at radius 2 is 1.65 bits per heavy atom. The van der Waals surface area contributed by atoms with Gasteiger partial charge in [0.15, 0.2) is 6.29 Å². The van der Waals surface area contributed by atoms with Gasteiger partial charge in [-0.3, -0.25) is 4.79 Å². The summed E-state index contributed by atoms with van der Waals surface area (Å²) in [4.78, 5) is 12.0. The van der Waals surface area contributed by atoms with Crippen molar-refractivity contribution < 1.29 is 28.2 Å². The molecule has 1 amide bonds. The number of hydrogen-bond acceptors (Lipinski definition) is 3. The Morgan fingerprint density at radius 1 is 1.24 bits per heavy atom. The number of nitrogens with zero attached hydrogens (tertiary/aromatic N) is 1. The van der Waals surface area contributed by atoms with E-state index in [1.165, 1.54) is 13.8 Å². The number of carbonyl (C=O) groups is 1. The Kier molecular flexibility index (Phi) is 4.03. The fraction of sp³-hybridized carbons (Fsp3) is 0.900. The molecule has 0 aromatic heterocycles. The van der Waals surface area contributed by atoms with Crippen molar-refractivity contribution in [3.63, 3.8) is 0 Å². The molecule has 0 bridgehead atoms. The molecule has 0 saturated carbocycles. The highest BCUT2D eigenvalue weighted by molar-refractivity contribution is 5.82. The van der Waals surface area contributed by atoms with Gasteiger partial charge in [-0.2, -0.15) is 13.2 Å². The zero-order chi connectivity index (χ0) is 13.4. The highest BCUT2D eigenvalue weighted by atomic mass is 19.4. The van der Waals surface area contributed by atoms with Crippen molar-refractivity contribution in [1.29, 1.82) is 0 Å². The molecule has 2 N–H and O–H groups in total. The lowest BCUT2D eigenvalue weighted by molar-refractivity contribution is -0.195. The van der Waals surface area contributed by atoms with Gasteiger partial charge in [0.05, 0.1) is 0 Å². The molecule has 7 heteroatoms. The minimum absolute atomic E-state index is 0.157. The van der Waals surface area contributed by atoms with Crippen LogP contribution in [0.1, 0.15) is 26.7 Å². The first-order valence-corrected chi connectivity index (χ1v) is 5.40. The van der Waals surface area contributed by atoms with Gasteiger partial charge < -0.3 is 15.1 Å². The first-order chi connectivity index (χ1) is 7.64. The van der Waals surface area contributed by atoms with Crippen LogP contribution in [0.4, 0.5) is 13.2 Å². The molecule has 1 fully saturated rings. The highest BCUT2D eigenvalue weighted by Crippen LogP contribution is 2.32. The van der Waals surface area contributed by atoms with Crippen LogP contribution in [0.2, 0.25) is 0 Å². The van der Waals surface area contributed by atoms with E-state index < -0.39 is 36.4 Å². The van der Waals surface area contributed by atoms with Gasteiger partial charge in [0, 0.05) is 18.0 Å². The number of likely N-dealkylation sites (tertiary alicyclic amines) is 1. The first-order valence-electron chi connectivity index (χ1n) is 5.40. The largest absolute Gasteiger partial charge is 0.471 e. The summed E-state index contributed by atoms with van der Waals surface area (Å²) in [5.74, 6) is -2.35. The fourth-order valence-corrected chi connectivity index (χ4v) is 2.42. The van der Waals surface area contributed by atoms with Crippen molar-refractivity contribution in [3.8, 4) is 0 Å². The van der Waals surface area contributed by atoms with Crippen LogP contribution in [0, 0.1) is 5.92 Å². The summed E-state index contributed by atoms with van der Waals surface area (Å²) in [6.45, 7) is 2.96. The Balaban J connectivity index is 2.80. The standard InChI is InChI=1S/C10H16F3NO3/c1-5-3-7(8(15)16)4-6(2)14(5)9(17)10(11,12)13/h5-8,15-16H,3-4H2,1-2H3. The van der Waals surface area contributed by atoms with E-state index in [4.69, 9.17) is 10.2 Å². The summed E-state index contributed by atoms with van der Waals surface area (Å²) in [6.07, 6.45) is -6.12. The molecule has 0 radical (unpaired) electrons. The maximum absolute atomic E-state index is 12.3. The Hall–Kier alpha value is -0.820. The number of aliphatic hydroxyl groups is 2. The normalized spacial score (nSPS) is 30.8. The number of piperidine rings is 1. The molecule has 1 saturated heterocycles. The lowest BCUT2D eigenvalue weighted by Crippen LogP contribution is -2.55. The van der Waals surface area contributed by atoms with Gasteiger partial charge >= 0.3 is 12.1 Å². The monoisotopic (exact) mass is 255 g/mol. The Bertz CT molecular complexity index is 281. The van der Waals surface area contributed by atoms with Crippen LogP contribution >= 0.6 is 0 Å². The molecule has 1 heterocycles. The molecule has 17 heavy (non-hydrogen) atoms. The zero-order valence-electron chi connectivity index (χ0n) is 9.61. The first kappa shape index (κ1) is 14.2. The van der Waals surface area contributed by atoms with Gasteiger partial charge in [-0.25, -0.2) is 0 Å². The van der Waals surface area contributed by atoms with E-state index in [1.54, 1.807) is 0 Å². The van der Waals surface area contributed by atoms with Gasteiger partial charge in [0.2, 0.25) is 0 Å². The van der Waals surface area contributed by atoms with Crippen LogP contribution in [0.5, 0.6) is 0 Å². The van der Waals surface area contributed by atoms with Crippen LogP contribution < -0.4 is 0 Å². The number of hydrogen-bond donors (Lipinski definition) is 2. The van der Waals surface area contributed by atoms with Crippen molar-refractivity contribution in [2.75, 3.05) is 0 Å². The molecule has 2 atom stereocenters. The van der Waals surface area contributed by atoms with Crippen LogP contribution in [-0.2, 0) is 4.79 Å². The van der Waals surface area contributed by atoms with Crippen molar-refractivity contribution in [2.24, 2.45) is 5.92 Å². The molecular weight excluding hydrogens is 239 g/mol. The number of rotatable bonds is 1. The third-order valence-electron chi connectivity index (χ3n) is 3.14. The summed E-state index contributed by atoms with van der Waals surface area (Å²) in [5, 5.41) is 18.1. The van der Waals surface area contributed by atoms with Gasteiger partial charge in [0.1, 0.15) is 0 Å². The second-order valence-corrected chi connectivity index (χ2v) is 4.55. The SMILES string of the molecule is CC1CC(C(O)O)CC(C)N1C(=O)C(F)(F)F. The van der Waals surface area contributed by atoms with E-state index in [-0.39, 0.29) is 12.8 Å². The molecule has 100 valence electrons. The average Bonchev–Trinajstić information content (AvgIpc) is 2.14. The molecule has 2 unspecified atom stereocenters. The number of aliphatic hydroxyl groups excluding tert-OH is 1. The Labute approximate surface area is 97.0 Å². The third kappa shape index (κ3) is 3.10. The van der Waals surface area contributed by atoms with E-state index in [9.17, 15) is 18.0 Å². The van der Waals surface area contributed by atoms with Gasteiger partial charge in [0.25, 0.3) is 0 Å². The van der Waals surface area contributed by atoms with E-state index >= 15 is 0 Å². The van der Waals surface area contributed by atoms with Crippen LogP contribution in [0.3, 0.4) is 0 Å². The summed E-state index contributed by atoms with van der Waals surface area (Å²) >= 11 is 0. The van der Waals surface area contributed by atoms with Gasteiger partial charge in [-0.1, -0.05) is 0 Å². The van der Waals surface area contributed by atoms with Crippen LogP contribution in [-0.4, -0.2) is 45.6 Å². The number of carbonyl (C=O) groups excluding carboxylic acids is 1. The number of amides is 1. The number of alkyl halides is 3. The van der Waals surface area contributed by atoms with Crippen molar-refractivity contribution in [3.05, 3.63) is 0 Å². The summed E-state index contributed by atoms with van der Waals surface area (Å²) in [7, 11) is 0. The summed E-state index contributed by atoms with van der Waals surface area (Å²) in [6, 6.07) is -1.31. The van der Waals surface area contributed by atoms with E-state index in [2.05, 4.69) is 0 Å². The summed E-state index contributed by atoms with van der Waals surface area (Å²) < 4.78 is 37.0. The maximum atomic E-state index is 12.3. The van der Waals surface area contributed by atoms with Crippen molar-refractivity contribution in [2.45, 2.75) is 51.2 Å². The topological polar surface area (TPSA) is 60.8 Å². The average molecular weight is 255 g/mol. The quantitative estimate of drug-likeness (QED) is 0.684. The Morgan fingerprint density at radius 3 is 1.94 bits per heavy atom. The lowest BCUT2D eigenvalue weighted by Gasteiger charge is -2.43. The molecule has 0 aromatic carbocycles. The summed E-state index contributed by atoms with van der Waals surface area (Å²) in [5.41, 5.74) is 0. The van der Waals surface area contributed by atoms with Crippen molar-refractivity contribution in [1.82, 2.24) is 4.90 Å². The molecule has 0 aliphatic carbocycles. The van der Waals surface area contributed by atoms with Crippen molar-refractivity contribution >= 4 is 5.91 Å². The van der Waals surface area contributed by atoms with Crippen LogP contribution in [0.25, 0.3) is 0 Å². The van der Waals surface area contributed by atoms with Gasteiger partial charge in [-0.05, 0) is 26.7 Å². The fourth-order valence-electron chi connectivity index (χ4n) is 2.42. The molecular formula is C10H16F3NO3. The van der Waals surface area contributed by atoms with E-state index in [1.807, 2.05) is 0 Å². The predicted molar refractivity (Wildman–Crippen MR) is 52.8 cm³/mol. The van der Waals surface area contributed by atoms with E-state index in [0.717, 1.165) is 4.90 Å². The molecule has 1 rings (SSSR count). The maximum Gasteiger partial charge on any atom is 0.471 e. The zero-order valence-corrected chi connectivity index (χ0v) is 9.61. The smallest absolute Gasteiger partial charge is 0.368 e.